The molecule has 0 aliphatic rings. The molecule has 0 saturated carbocycles. The zero-order valence-electron chi connectivity index (χ0n) is 14.8. The normalized spacial score (nSPS) is 11.9. The number of benzene rings is 2. The van der Waals surface area contributed by atoms with Gasteiger partial charge in [-0.1, -0.05) is 12.1 Å². The van der Waals surface area contributed by atoms with Gasteiger partial charge in [-0.25, -0.2) is 12.8 Å². The van der Waals surface area contributed by atoms with E-state index >= 15 is 0 Å². The molecule has 0 aliphatic carbocycles. The second-order valence-electron chi connectivity index (χ2n) is 6.01. The molecule has 28 heavy (non-hydrogen) atoms. The zero-order valence-corrected chi connectivity index (χ0v) is 15.6. The number of sulfonamides is 1. The van der Waals surface area contributed by atoms with Crippen LogP contribution in [-0.4, -0.2) is 27.1 Å². The maximum Gasteiger partial charge on any atom is 0.418 e. The minimum Gasteiger partial charge on any atom is -0.326 e. The molecule has 1 N–H and O–H groups in total. The number of nitrogens with one attached hydrogen (secondary N) is 1. The van der Waals surface area contributed by atoms with Crippen LogP contribution in [0.25, 0.3) is 0 Å². The van der Waals surface area contributed by atoms with Crippen molar-refractivity contribution >= 4 is 27.3 Å². The molecule has 2 rings (SSSR count). The molecule has 0 heterocycles. The largest absolute Gasteiger partial charge is 0.418 e. The molecule has 0 atom stereocenters. The first-order valence-electron chi connectivity index (χ1n) is 8.18. The lowest BCUT2D eigenvalue weighted by Crippen LogP contribution is -2.31. The standard InChI is InChI=1S/C18H18F4N2O3S/c1-28(26,27)24(14-10-8-13(19)9-11-14)12-4-7-17(25)23-16-6-3-2-5-15(16)18(20,21)22/h2-3,5-6,8-11H,4,7,12H2,1H3,(H,23,25). The molecule has 0 saturated heterocycles. The number of hydrogen-bond acceptors (Lipinski definition) is 3. The number of carbonyl (C=O) groups is 1. The quantitative estimate of drug-likeness (QED) is 0.691. The number of alkyl halides is 3. The summed E-state index contributed by atoms with van der Waals surface area (Å²) < 4.78 is 76.8. The van der Waals surface area contributed by atoms with E-state index in [1.165, 1.54) is 24.3 Å². The monoisotopic (exact) mass is 418 g/mol. The fourth-order valence-corrected chi connectivity index (χ4v) is 3.49. The molecule has 152 valence electrons. The SMILES string of the molecule is CS(=O)(=O)N(CCCC(=O)Nc1ccccc1C(F)(F)F)c1ccc(F)cc1. The van der Waals surface area contributed by atoms with E-state index in [2.05, 4.69) is 5.32 Å². The molecule has 0 bridgehead atoms. The van der Waals surface area contributed by atoms with Gasteiger partial charge in [0, 0.05) is 13.0 Å². The first-order chi connectivity index (χ1) is 13.0. The van der Waals surface area contributed by atoms with E-state index in [0.717, 1.165) is 34.8 Å². The summed E-state index contributed by atoms with van der Waals surface area (Å²) in [5, 5.41) is 2.20. The highest BCUT2D eigenvalue weighted by Crippen LogP contribution is 2.34. The van der Waals surface area contributed by atoms with Crippen molar-refractivity contribution in [3.8, 4) is 0 Å². The van der Waals surface area contributed by atoms with Gasteiger partial charge in [0.2, 0.25) is 15.9 Å². The number of rotatable bonds is 7. The van der Waals surface area contributed by atoms with Crippen LogP contribution in [-0.2, 0) is 21.0 Å². The Balaban J connectivity index is 2.01. The van der Waals surface area contributed by atoms with E-state index in [1.54, 1.807) is 0 Å². The molecule has 0 unspecified atom stereocenters. The van der Waals surface area contributed by atoms with Crippen LogP contribution < -0.4 is 9.62 Å². The van der Waals surface area contributed by atoms with Crippen molar-refractivity contribution in [1.29, 1.82) is 0 Å². The Morgan fingerprint density at radius 1 is 1.07 bits per heavy atom. The minimum absolute atomic E-state index is 0.0600. The van der Waals surface area contributed by atoms with Crippen LogP contribution in [0.1, 0.15) is 18.4 Å². The number of amides is 1. The molecule has 1 amide bonds. The van der Waals surface area contributed by atoms with Crippen molar-refractivity contribution in [2.45, 2.75) is 19.0 Å². The smallest absolute Gasteiger partial charge is 0.326 e. The molecular weight excluding hydrogens is 400 g/mol. The lowest BCUT2D eigenvalue weighted by atomic mass is 10.1. The van der Waals surface area contributed by atoms with E-state index in [9.17, 15) is 30.8 Å². The molecule has 2 aromatic carbocycles. The van der Waals surface area contributed by atoms with Crippen molar-refractivity contribution in [2.75, 3.05) is 22.4 Å². The van der Waals surface area contributed by atoms with Crippen LogP contribution >= 0.6 is 0 Å². The van der Waals surface area contributed by atoms with Crippen LogP contribution in [0.3, 0.4) is 0 Å². The third kappa shape index (κ3) is 5.95. The van der Waals surface area contributed by atoms with Gasteiger partial charge in [-0.2, -0.15) is 13.2 Å². The molecule has 0 radical (unpaired) electrons. The molecule has 0 aliphatic heterocycles. The fourth-order valence-electron chi connectivity index (χ4n) is 2.53. The second kappa shape index (κ2) is 8.59. The van der Waals surface area contributed by atoms with Crippen LogP contribution in [0.15, 0.2) is 48.5 Å². The van der Waals surface area contributed by atoms with Gasteiger partial charge in [0.25, 0.3) is 0 Å². The van der Waals surface area contributed by atoms with Crippen LogP contribution in [0.2, 0.25) is 0 Å². The van der Waals surface area contributed by atoms with Gasteiger partial charge in [0.05, 0.1) is 23.2 Å². The molecule has 0 fully saturated rings. The summed E-state index contributed by atoms with van der Waals surface area (Å²) in [7, 11) is -3.68. The zero-order chi connectivity index (χ0) is 20.9. The van der Waals surface area contributed by atoms with E-state index in [4.69, 9.17) is 0 Å². The highest BCUT2D eigenvalue weighted by Gasteiger charge is 2.33. The summed E-state index contributed by atoms with van der Waals surface area (Å²) >= 11 is 0. The number of anilines is 2. The van der Waals surface area contributed by atoms with Crippen LogP contribution in [0, 0.1) is 5.82 Å². The lowest BCUT2D eigenvalue weighted by molar-refractivity contribution is -0.137. The van der Waals surface area contributed by atoms with Gasteiger partial charge in [-0.3, -0.25) is 9.10 Å². The average Bonchev–Trinajstić information content (AvgIpc) is 2.58. The first kappa shape index (κ1) is 21.7. The predicted molar refractivity (Wildman–Crippen MR) is 97.9 cm³/mol. The maximum absolute atomic E-state index is 13.0. The highest BCUT2D eigenvalue weighted by atomic mass is 32.2. The van der Waals surface area contributed by atoms with E-state index in [-0.39, 0.29) is 30.8 Å². The van der Waals surface area contributed by atoms with Gasteiger partial charge in [-0.15, -0.1) is 0 Å². The van der Waals surface area contributed by atoms with E-state index in [1.807, 2.05) is 0 Å². The first-order valence-corrected chi connectivity index (χ1v) is 10.0. The molecule has 0 spiro atoms. The third-order valence-corrected chi connectivity index (χ3v) is 4.98. The van der Waals surface area contributed by atoms with Gasteiger partial charge >= 0.3 is 6.18 Å². The average molecular weight is 418 g/mol. The lowest BCUT2D eigenvalue weighted by Gasteiger charge is -2.22. The molecule has 2 aromatic rings. The van der Waals surface area contributed by atoms with Crippen molar-refractivity contribution < 1.29 is 30.8 Å². The molecule has 10 heteroatoms. The summed E-state index contributed by atoms with van der Waals surface area (Å²) in [5.74, 6) is -1.20. The maximum atomic E-state index is 13.0. The summed E-state index contributed by atoms with van der Waals surface area (Å²) in [4.78, 5) is 12.0. The number of hydrogen-bond donors (Lipinski definition) is 1. The third-order valence-electron chi connectivity index (χ3n) is 3.79. The Hall–Kier alpha value is -2.62. The van der Waals surface area contributed by atoms with Gasteiger partial charge in [-0.05, 0) is 42.8 Å². The molecule has 0 aromatic heterocycles. The number of halogens is 4. The van der Waals surface area contributed by atoms with Crippen molar-refractivity contribution in [1.82, 2.24) is 0 Å². The summed E-state index contributed by atoms with van der Waals surface area (Å²) in [6.45, 7) is -0.0845. The Morgan fingerprint density at radius 2 is 1.68 bits per heavy atom. The summed E-state index contributed by atoms with van der Waals surface area (Å²) in [6.07, 6.45) is -3.78. The van der Waals surface area contributed by atoms with Gasteiger partial charge < -0.3 is 5.32 Å². The van der Waals surface area contributed by atoms with Crippen LogP contribution in [0.4, 0.5) is 28.9 Å². The minimum atomic E-state index is -4.61. The molecule has 5 nitrogen and oxygen atoms in total. The highest BCUT2D eigenvalue weighted by molar-refractivity contribution is 7.92. The van der Waals surface area contributed by atoms with Gasteiger partial charge in [0.15, 0.2) is 0 Å². The van der Waals surface area contributed by atoms with Crippen molar-refractivity contribution in [2.24, 2.45) is 0 Å². The van der Waals surface area contributed by atoms with Crippen LogP contribution in [0.5, 0.6) is 0 Å². The molecular formula is C18H18F4N2O3S. The Morgan fingerprint density at radius 3 is 2.25 bits per heavy atom. The number of carbonyl (C=O) groups excluding carboxylic acids is 1. The Kier molecular flexibility index (Phi) is 6.65. The van der Waals surface area contributed by atoms with Gasteiger partial charge in [0.1, 0.15) is 5.82 Å². The Labute approximate surface area is 160 Å². The number of para-hydroxylation sites is 1. The second-order valence-corrected chi connectivity index (χ2v) is 7.91. The Bertz CT molecular complexity index is 929. The summed E-state index contributed by atoms with van der Waals surface area (Å²) in [6, 6.07) is 9.36. The fraction of sp³-hybridized carbons (Fsp3) is 0.278. The van der Waals surface area contributed by atoms with Crippen molar-refractivity contribution in [3.63, 3.8) is 0 Å². The van der Waals surface area contributed by atoms with E-state index < -0.39 is 33.5 Å². The number of nitrogens with zero attached hydrogens (tertiary/aromatic N) is 1. The topological polar surface area (TPSA) is 66.5 Å². The summed E-state index contributed by atoms with van der Waals surface area (Å²) in [5.41, 5.74) is -1.10. The van der Waals surface area contributed by atoms with E-state index in [0.29, 0.717) is 0 Å². The predicted octanol–water partition coefficient (Wildman–Crippen LogP) is 4.03. The van der Waals surface area contributed by atoms with Crippen molar-refractivity contribution in [3.05, 3.63) is 59.9 Å².